The van der Waals surface area contributed by atoms with Crippen molar-refractivity contribution in [1.29, 1.82) is 0 Å². The summed E-state index contributed by atoms with van der Waals surface area (Å²) in [5, 5.41) is 0. The molecule has 0 aromatic heterocycles. The SMILES string of the molecule is CCCC[N+](CCCl)(CCCC)CCCC. The smallest absolute Gasteiger partial charge is 0.0924 e. The fourth-order valence-electron chi connectivity index (χ4n) is 2.33. The Bertz CT molecular complexity index is 126. The number of hydrogen-bond donors (Lipinski definition) is 0. The van der Waals surface area contributed by atoms with Crippen LogP contribution in [-0.4, -0.2) is 36.5 Å². The Hall–Kier alpha value is 0.250. The Morgan fingerprint density at radius 3 is 1.31 bits per heavy atom. The van der Waals surface area contributed by atoms with Crippen molar-refractivity contribution in [3.63, 3.8) is 0 Å². The molecule has 0 bridgehead atoms. The molecule has 0 aliphatic heterocycles. The van der Waals surface area contributed by atoms with Crippen LogP contribution in [0.3, 0.4) is 0 Å². The summed E-state index contributed by atoms with van der Waals surface area (Å²) in [5.74, 6) is 0.817. The van der Waals surface area contributed by atoms with Crippen LogP contribution in [0.15, 0.2) is 0 Å². The lowest BCUT2D eigenvalue weighted by Gasteiger charge is -2.38. The number of hydrogen-bond acceptors (Lipinski definition) is 0. The summed E-state index contributed by atoms with van der Waals surface area (Å²) >= 11 is 6.01. The average molecular weight is 249 g/mol. The number of quaternary nitrogens is 1. The summed E-state index contributed by atoms with van der Waals surface area (Å²) in [6.45, 7) is 12.0. The summed E-state index contributed by atoms with van der Waals surface area (Å²) in [7, 11) is 0. The van der Waals surface area contributed by atoms with Crippen molar-refractivity contribution in [1.82, 2.24) is 0 Å². The molecule has 0 fully saturated rings. The molecule has 0 saturated carbocycles. The van der Waals surface area contributed by atoms with E-state index in [9.17, 15) is 0 Å². The van der Waals surface area contributed by atoms with Crippen LogP contribution < -0.4 is 0 Å². The van der Waals surface area contributed by atoms with Crippen LogP contribution in [0, 0.1) is 0 Å². The highest BCUT2D eigenvalue weighted by Crippen LogP contribution is 2.14. The molecule has 1 nitrogen and oxygen atoms in total. The van der Waals surface area contributed by atoms with Crippen molar-refractivity contribution < 1.29 is 4.48 Å². The van der Waals surface area contributed by atoms with Crippen LogP contribution in [0.2, 0.25) is 0 Å². The zero-order valence-corrected chi connectivity index (χ0v) is 12.4. The van der Waals surface area contributed by atoms with Crippen molar-refractivity contribution in [2.45, 2.75) is 59.3 Å². The molecule has 0 aromatic rings. The molecular weight excluding hydrogens is 218 g/mol. The third-order valence-corrected chi connectivity index (χ3v) is 3.69. The molecule has 16 heavy (non-hydrogen) atoms. The number of nitrogens with zero attached hydrogens (tertiary/aromatic N) is 1. The van der Waals surface area contributed by atoms with Crippen LogP contribution in [0.1, 0.15) is 59.3 Å². The van der Waals surface area contributed by atoms with E-state index in [1.165, 1.54) is 69.2 Å². The van der Waals surface area contributed by atoms with E-state index < -0.39 is 0 Å². The molecule has 0 aliphatic carbocycles. The standard InChI is InChI=1S/C14H31ClN/c1-4-7-11-16(14-10-15,12-8-5-2)13-9-6-3/h4-14H2,1-3H3/q+1. The van der Waals surface area contributed by atoms with Gasteiger partial charge in [-0.2, -0.15) is 0 Å². The van der Waals surface area contributed by atoms with Gasteiger partial charge >= 0.3 is 0 Å². The highest BCUT2D eigenvalue weighted by molar-refractivity contribution is 6.17. The van der Waals surface area contributed by atoms with E-state index >= 15 is 0 Å². The van der Waals surface area contributed by atoms with E-state index in [4.69, 9.17) is 11.6 Å². The summed E-state index contributed by atoms with van der Waals surface area (Å²) in [6, 6.07) is 0. The van der Waals surface area contributed by atoms with Gasteiger partial charge in [0.15, 0.2) is 0 Å². The molecule has 0 aromatic carbocycles. The highest BCUT2D eigenvalue weighted by atomic mass is 35.5. The average Bonchev–Trinajstić information content (AvgIpc) is 2.31. The molecule has 0 N–H and O–H groups in total. The van der Waals surface area contributed by atoms with Gasteiger partial charge < -0.3 is 4.48 Å². The predicted octanol–water partition coefficient (Wildman–Crippen LogP) is 4.44. The first kappa shape index (κ1) is 16.2. The van der Waals surface area contributed by atoms with Gasteiger partial charge in [0.1, 0.15) is 0 Å². The van der Waals surface area contributed by atoms with Crippen LogP contribution >= 0.6 is 11.6 Å². The van der Waals surface area contributed by atoms with Gasteiger partial charge in [0.25, 0.3) is 0 Å². The maximum Gasteiger partial charge on any atom is 0.0924 e. The Morgan fingerprint density at radius 1 is 0.688 bits per heavy atom. The van der Waals surface area contributed by atoms with Crippen LogP contribution in [0.25, 0.3) is 0 Å². The second-order valence-corrected chi connectivity index (χ2v) is 5.36. The first-order chi connectivity index (χ1) is 7.74. The summed E-state index contributed by atoms with van der Waals surface area (Å²) in [4.78, 5) is 0. The Labute approximate surface area is 108 Å². The number of alkyl halides is 1. The van der Waals surface area contributed by atoms with Crippen molar-refractivity contribution >= 4 is 11.6 Å². The molecule has 0 radical (unpaired) electrons. The second-order valence-electron chi connectivity index (χ2n) is 4.99. The highest BCUT2D eigenvalue weighted by Gasteiger charge is 2.24. The maximum absolute atomic E-state index is 6.01. The lowest BCUT2D eigenvalue weighted by atomic mass is 10.1. The minimum Gasteiger partial charge on any atom is -0.323 e. The number of rotatable bonds is 11. The zero-order chi connectivity index (χ0) is 12.3. The van der Waals surface area contributed by atoms with Crippen LogP contribution in [0.4, 0.5) is 0 Å². The van der Waals surface area contributed by atoms with Gasteiger partial charge in [-0.05, 0) is 19.3 Å². The van der Waals surface area contributed by atoms with E-state index in [2.05, 4.69) is 20.8 Å². The van der Waals surface area contributed by atoms with Crippen molar-refractivity contribution in [2.24, 2.45) is 0 Å². The topological polar surface area (TPSA) is 0 Å². The molecule has 0 atom stereocenters. The molecular formula is C14H31ClN+. The van der Waals surface area contributed by atoms with E-state index in [0.717, 1.165) is 5.88 Å². The molecule has 2 heteroatoms. The minimum absolute atomic E-state index is 0.817. The second kappa shape index (κ2) is 10.4. The molecule has 0 aliphatic rings. The van der Waals surface area contributed by atoms with Gasteiger partial charge in [-0.1, -0.05) is 40.0 Å². The minimum atomic E-state index is 0.817. The Kier molecular flexibility index (Phi) is 10.6. The molecule has 98 valence electrons. The summed E-state index contributed by atoms with van der Waals surface area (Å²) < 4.78 is 1.28. The van der Waals surface area contributed by atoms with Crippen LogP contribution in [0.5, 0.6) is 0 Å². The van der Waals surface area contributed by atoms with E-state index in [-0.39, 0.29) is 0 Å². The fourth-order valence-corrected chi connectivity index (χ4v) is 2.69. The van der Waals surface area contributed by atoms with Gasteiger partial charge in [0.2, 0.25) is 0 Å². The predicted molar refractivity (Wildman–Crippen MR) is 75.2 cm³/mol. The van der Waals surface area contributed by atoms with Crippen molar-refractivity contribution in [3.05, 3.63) is 0 Å². The van der Waals surface area contributed by atoms with Gasteiger partial charge in [0.05, 0.1) is 32.1 Å². The van der Waals surface area contributed by atoms with E-state index in [0.29, 0.717) is 0 Å². The molecule has 0 saturated heterocycles. The first-order valence-corrected chi connectivity index (χ1v) is 7.69. The molecule has 0 heterocycles. The monoisotopic (exact) mass is 248 g/mol. The molecule has 0 unspecified atom stereocenters. The van der Waals surface area contributed by atoms with Gasteiger partial charge in [0, 0.05) is 0 Å². The maximum atomic E-state index is 6.01. The summed E-state index contributed by atoms with van der Waals surface area (Å²) in [6.07, 6.45) is 7.97. The van der Waals surface area contributed by atoms with Crippen molar-refractivity contribution in [3.8, 4) is 0 Å². The van der Waals surface area contributed by atoms with Gasteiger partial charge in [-0.25, -0.2) is 0 Å². The third kappa shape index (κ3) is 6.75. The van der Waals surface area contributed by atoms with Gasteiger partial charge in [-0.3, -0.25) is 0 Å². The van der Waals surface area contributed by atoms with E-state index in [1.807, 2.05) is 0 Å². The molecule has 0 spiro atoms. The molecule has 0 rings (SSSR count). The van der Waals surface area contributed by atoms with Crippen LogP contribution in [-0.2, 0) is 0 Å². The fraction of sp³-hybridized carbons (Fsp3) is 1.00. The summed E-state index contributed by atoms with van der Waals surface area (Å²) in [5.41, 5.74) is 0. The van der Waals surface area contributed by atoms with E-state index in [1.54, 1.807) is 0 Å². The van der Waals surface area contributed by atoms with Crippen molar-refractivity contribution in [2.75, 3.05) is 32.1 Å². The zero-order valence-electron chi connectivity index (χ0n) is 11.6. The lowest BCUT2D eigenvalue weighted by molar-refractivity contribution is -0.926. The number of unbranched alkanes of at least 4 members (excludes halogenated alkanes) is 3. The largest absolute Gasteiger partial charge is 0.323 e. The lowest BCUT2D eigenvalue weighted by Crippen LogP contribution is -2.51. The third-order valence-electron chi connectivity index (χ3n) is 3.52. The first-order valence-electron chi connectivity index (χ1n) is 7.15. The normalized spacial score (nSPS) is 12.0. The Morgan fingerprint density at radius 2 is 1.06 bits per heavy atom. The molecule has 0 amide bonds. The number of halogens is 1. The quantitative estimate of drug-likeness (QED) is 0.375. The van der Waals surface area contributed by atoms with Gasteiger partial charge in [-0.15, -0.1) is 11.6 Å². The Balaban J connectivity index is 4.32.